The van der Waals surface area contributed by atoms with Crippen molar-refractivity contribution in [2.75, 3.05) is 36.8 Å². The first kappa shape index (κ1) is 21.0. The van der Waals surface area contributed by atoms with Crippen LogP contribution in [-0.2, 0) is 11.4 Å². The molecule has 0 amide bonds. The molecule has 31 heavy (non-hydrogen) atoms. The fraction of sp³-hybridized carbons (Fsp3) is 0.174. The minimum Gasteiger partial charge on any atom is -0.357 e. The van der Waals surface area contributed by atoms with Crippen LogP contribution >= 0.6 is 0 Å². The zero-order valence-electron chi connectivity index (χ0n) is 17.5. The van der Waals surface area contributed by atoms with Crippen LogP contribution in [0.4, 0.5) is 11.5 Å². The van der Waals surface area contributed by atoms with E-state index in [1.54, 1.807) is 18.6 Å². The molecule has 158 valence electrons. The lowest BCUT2D eigenvalue weighted by atomic mass is 10.1. The highest BCUT2D eigenvalue weighted by molar-refractivity contribution is 7.92. The van der Waals surface area contributed by atoms with Crippen LogP contribution in [-0.4, -0.2) is 46.7 Å². The summed E-state index contributed by atoms with van der Waals surface area (Å²) in [5, 5.41) is 3.15. The standard InChI is InChI=1S/C23H25N6OS/c1-24-10-11-29(2)23-16-26-21-9-8-17(13-22(21)27-23)18-12-19(15-25-14-18)28-31(30)20-6-4-3-5-7-20/h3-9,12-16,24,28,30H,10-11H2,1-2H3/q+1. The maximum Gasteiger partial charge on any atom is 0.303 e. The van der Waals surface area contributed by atoms with Crippen LogP contribution in [0, 0.1) is 0 Å². The van der Waals surface area contributed by atoms with Gasteiger partial charge in [0, 0.05) is 31.9 Å². The highest BCUT2D eigenvalue weighted by atomic mass is 32.2. The van der Waals surface area contributed by atoms with Crippen LogP contribution in [0.1, 0.15) is 0 Å². The van der Waals surface area contributed by atoms with Gasteiger partial charge in [0.05, 0.1) is 23.4 Å². The molecule has 0 aliphatic rings. The highest BCUT2D eigenvalue weighted by Gasteiger charge is 2.20. The SMILES string of the molecule is CNCCN(C)c1cnc2ccc(-c3cncc(N[S+](O)c4ccccc4)c3)cc2n1. The predicted octanol–water partition coefficient (Wildman–Crippen LogP) is 3.82. The third kappa shape index (κ3) is 5.11. The molecule has 0 spiro atoms. The number of likely N-dealkylation sites (N-methyl/N-ethyl adjacent to an activating group) is 2. The Morgan fingerprint density at radius 2 is 1.81 bits per heavy atom. The van der Waals surface area contributed by atoms with Gasteiger partial charge in [-0.25, -0.2) is 4.98 Å². The van der Waals surface area contributed by atoms with E-state index in [1.165, 1.54) is 0 Å². The monoisotopic (exact) mass is 433 g/mol. The number of aromatic nitrogens is 3. The van der Waals surface area contributed by atoms with E-state index in [0.717, 1.165) is 51.7 Å². The van der Waals surface area contributed by atoms with E-state index in [9.17, 15) is 4.55 Å². The molecule has 0 aliphatic carbocycles. The Morgan fingerprint density at radius 1 is 0.968 bits per heavy atom. The Hall–Kier alpha value is -3.20. The number of benzene rings is 2. The van der Waals surface area contributed by atoms with Gasteiger partial charge >= 0.3 is 11.4 Å². The second-order valence-corrected chi connectivity index (χ2v) is 8.36. The van der Waals surface area contributed by atoms with Crippen molar-refractivity contribution in [3.63, 3.8) is 0 Å². The number of nitrogens with one attached hydrogen (secondary N) is 2. The van der Waals surface area contributed by atoms with Crippen LogP contribution in [0.15, 0.2) is 78.1 Å². The Kier molecular flexibility index (Phi) is 6.61. The van der Waals surface area contributed by atoms with Gasteiger partial charge in [-0.05, 0) is 42.9 Å². The highest BCUT2D eigenvalue weighted by Crippen LogP contribution is 2.26. The van der Waals surface area contributed by atoms with Gasteiger partial charge in [-0.15, -0.1) is 0 Å². The Bertz CT molecular complexity index is 1160. The molecule has 1 atom stereocenters. The molecule has 0 aliphatic heterocycles. The first-order valence-corrected chi connectivity index (χ1v) is 11.2. The molecule has 0 fully saturated rings. The van der Waals surface area contributed by atoms with Crippen molar-refractivity contribution in [1.29, 1.82) is 0 Å². The molecule has 0 saturated carbocycles. The number of hydrogen-bond donors (Lipinski definition) is 3. The average Bonchev–Trinajstić information content (AvgIpc) is 2.82. The van der Waals surface area contributed by atoms with Gasteiger partial charge in [0.2, 0.25) is 4.90 Å². The molecule has 7 nitrogen and oxygen atoms in total. The van der Waals surface area contributed by atoms with E-state index in [2.05, 4.69) is 24.9 Å². The quantitative estimate of drug-likeness (QED) is 0.364. The van der Waals surface area contributed by atoms with Crippen molar-refractivity contribution >= 4 is 33.9 Å². The fourth-order valence-electron chi connectivity index (χ4n) is 3.13. The number of fused-ring (bicyclic) bond motifs is 1. The smallest absolute Gasteiger partial charge is 0.303 e. The summed E-state index contributed by atoms with van der Waals surface area (Å²) in [6, 6.07) is 17.5. The Balaban J connectivity index is 1.58. The molecule has 0 radical (unpaired) electrons. The van der Waals surface area contributed by atoms with E-state index in [0.29, 0.717) is 0 Å². The van der Waals surface area contributed by atoms with Gasteiger partial charge in [0.15, 0.2) is 0 Å². The van der Waals surface area contributed by atoms with Gasteiger partial charge in [-0.3, -0.25) is 9.97 Å². The third-order valence-corrected chi connectivity index (χ3v) is 6.02. The van der Waals surface area contributed by atoms with Crippen molar-refractivity contribution in [3.05, 3.63) is 73.2 Å². The van der Waals surface area contributed by atoms with Crippen molar-refractivity contribution < 1.29 is 4.55 Å². The zero-order valence-corrected chi connectivity index (χ0v) is 18.3. The molecule has 2 aromatic heterocycles. The Labute approximate surface area is 184 Å². The maximum absolute atomic E-state index is 10.5. The molecule has 2 aromatic carbocycles. The molecular formula is C23H25N6OS+. The normalized spacial score (nSPS) is 12.0. The van der Waals surface area contributed by atoms with Crippen LogP contribution in [0.2, 0.25) is 0 Å². The lowest BCUT2D eigenvalue weighted by Crippen LogP contribution is -2.27. The molecule has 3 N–H and O–H groups in total. The van der Waals surface area contributed by atoms with Gasteiger partial charge in [-0.1, -0.05) is 24.3 Å². The Morgan fingerprint density at radius 3 is 2.61 bits per heavy atom. The third-order valence-electron chi connectivity index (χ3n) is 4.87. The minimum atomic E-state index is -1.11. The molecule has 0 bridgehead atoms. The van der Waals surface area contributed by atoms with E-state index >= 15 is 0 Å². The fourth-order valence-corrected chi connectivity index (χ4v) is 4.00. The maximum atomic E-state index is 10.5. The summed E-state index contributed by atoms with van der Waals surface area (Å²) in [5.41, 5.74) is 4.35. The van der Waals surface area contributed by atoms with E-state index in [4.69, 9.17) is 4.98 Å². The van der Waals surface area contributed by atoms with Gasteiger partial charge in [-0.2, -0.15) is 9.27 Å². The van der Waals surface area contributed by atoms with E-state index in [-0.39, 0.29) is 0 Å². The zero-order chi connectivity index (χ0) is 21.6. The molecule has 2 heterocycles. The summed E-state index contributed by atoms with van der Waals surface area (Å²) >= 11 is -1.11. The second kappa shape index (κ2) is 9.74. The van der Waals surface area contributed by atoms with E-state index in [1.807, 2.05) is 68.7 Å². The van der Waals surface area contributed by atoms with Crippen LogP contribution < -0.4 is 14.9 Å². The minimum absolute atomic E-state index is 0.749. The molecule has 1 unspecified atom stereocenters. The summed E-state index contributed by atoms with van der Waals surface area (Å²) in [6.07, 6.45) is 5.31. The second-order valence-electron chi connectivity index (χ2n) is 7.12. The first-order valence-electron chi connectivity index (χ1n) is 9.97. The van der Waals surface area contributed by atoms with Crippen molar-refractivity contribution in [3.8, 4) is 11.1 Å². The summed E-state index contributed by atoms with van der Waals surface area (Å²) in [4.78, 5) is 16.6. The summed E-state index contributed by atoms with van der Waals surface area (Å²) in [7, 11) is 3.94. The molecular weight excluding hydrogens is 408 g/mol. The average molecular weight is 434 g/mol. The van der Waals surface area contributed by atoms with Crippen molar-refractivity contribution in [2.24, 2.45) is 0 Å². The van der Waals surface area contributed by atoms with Gasteiger partial charge in [0.1, 0.15) is 11.5 Å². The summed E-state index contributed by atoms with van der Waals surface area (Å²) < 4.78 is 13.6. The number of nitrogens with zero attached hydrogens (tertiary/aromatic N) is 4. The number of anilines is 2. The topological polar surface area (TPSA) is 86.2 Å². The van der Waals surface area contributed by atoms with Crippen LogP contribution in [0.3, 0.4) is 0 Å². The summed E-state index contributed by atoms with van der Waals surface area (Å²) in [6.45, 7) is 1.72. The van der Waals surface area contributed by atoms with Crippen molar-refractivity contribution in [2.45, 2.75) is 4.90 Å². The molecule has 8 heteroatoms. The predicted molar refractivity (Wildman–Crippen MR) is 128 cm³/mol. The van der Waals surface area contributed by atoms with Crippen molar-refractivity contribution in [1.82, 2.24) is 20.3 Å². The lowest BCUT2D eigenvalue weighted by Gasteiger charge is -2.17. The lowest BCUT2D eigenvalue weighted by molar-refractivity contribution is 0.644. The van der Waals surface area contributed by atoms with E-state index < -0.39 is 11.4 Å². The number of rotatable bonds is 8. The van der Waals surface area contributed by atoms with Crippen LogP contribution in [0.25, 0.3) is 22.2 Å². The summed E-state index contributed by atoms with van der Waals surface area (Å²) in [5.74, 6) is 0.834. The molecule has 4 rings (SSSR count). The first-order chi connectivity index (χ1) is 15.1. The number of pyridine rings is 1. The van der Waals surface area contributed by atoms with Gasteiger partial charge < -0.3 is 10.2 Å². The number of hydrogen-bond acceptors (Lipinski definition) is 7. The van der Waals surface area contributed by atoms with Gasteiger partial charge in [0.25, 0.3) is 0 Å². The largest absolute Gasteiger partial charge is 0.357 e. The molecule has 4 aromatic rings. The molecule has 0 saturated heterocycles. The van der Waals surface area contributed by atoms with Crippen LogP contribution in [0.5, 0.6) is 0 Å².